The molecular formula is C10H15NO. The zero-order valence-electron chi connectivity index (χ0n) is 7.55. The summed E-state index contributed by atoms with van der Waals surface area (Å²) >= 11 is 0. The second kappa shape index (κ2) is 4.25. The lowest BCUT2D eigenvalue weighted by atomic mass is 9.76. The van der Waals surface area contributed by atoms with Gasteiger partial charge in [-0.2, -0.15) is 5.26 Å². The van der Waals surface area contributed by atoms with Crippen LogP contribution in [0.25, 0.3) is 0 Å². The number of hydrogen-bond acceptors (Lipinski definition) is 2. The molecule has 2 unspecified atom stereocenters. The quantitative estimate of drug-likeness (QED) is 0.630. The van der Waals surface area contributed by atoms with E-state index in [0.29, 0.717) is 12.3 Å². The van der Waals surface area contributed by atoms with Crippen molar-refractivity contribution in [3.05, 3.63) is 0 Å². The Balaban J connectivity index is 2.55. The van der Waals surface area contributed by atoms with Gasteiger partial charge in [0.05, 0.1) is 6.07 Å². The summed E-state index contributed by atoms with van der Waals surface area (Å²) in [7, 11) is 0. The van der Waals surface area contributed by atoms with Gasteiger partial charge in [0.2, 0.25) is 0 Å². The average molecular weight is 165 g/mol. The Labute approximate surface area is 73.6 Å². The normalized spacial score (nSPS) is 29.3. The van der Waals surface area contributed by atoms with Gasteiger partial charge in [-0.25, -0.2) is 0 Å². The third-order valence-electron chi connectivity index (χ3n) is 2.78. The minimum absolute atomic E-state index is 0.179. The average Bonchev–Trinajstić information content (AvgIpc) is 2.05. The highest BCUT2D eigenvalue weighted by Gasteiger charge is 2.27. The summed E-state index contributed by atoms with van der Waals surface area (Å²) < 4.78 is 0. The van der Waals surface area contributed by atoms with Crippen LogP contribution in [0.15, 0.2) is 0 Å². The van der Waals surface area contributed by atoms with Crippen LogP contribution in [0.3, 0.4) is 0 Å². The molecule has 0 aromatic heterocycles. The number of carbonyl (C=O) groups excluding carboxylic acids is 1. The molecule has 2 nitrogen and oxygen atoms in total. The van der Waals surface area contributed by atoms with Crippen molar-refractivity contribution in [2.24, 2.45) is 11.8 Å². The van der Waals surface area contributed by atoms with Crippen molar-refractivity contribution in [3.63, 3.8) is 0 Å². The molecule has 0 aliphatic heterocycles. The van der Waals surface area contributed by atoms with Crippen LogP contribution in [-0.4, -0.2) is 5.78 Å². The van der Waals surface area contributed by atoms with Crippen LogP contribution in [0.5, 0.6) is 0 Å². The van der Waals surface area contributed by atoms with Crippen LogP contribution in [0.1, 0.15) is 39.0 Å². The first-order valence-electron chi connectivity index (χ1n) is 4.63. The number of hydrogen-bond donors (Lipinski definition) is 0. The Kier molecular flexibility index (Phi) is 3.28. The van der Waals surface area contributed by atoms with Gasteiger partial charge in [-0.1, -0.05) is 12.8 Å². The summed E-state index contributed by atoms with van der Waals surface area (Å²) in [6, 6.07) is 2.17. The SMILES string of the molecule is CC(=O)C1CCCCC1CC#N. The highest BCUT2D eigenvalue weighted by atomic mass is 16.1. The minimum atomic E-state index is 0.179. The molecule has 1 rings (SSSR count). The molecule has 0 aromatic carbocycles. The van der Waals surface area contributed by atoms with Crippen molar-refractivity contribution < 1.29 is 4.79 Å². The predicted molar refractivity (Wildman–Crippen MR) is 46.4 cm³/mol. The Bertz CT molecular complexity index is 204. The molecule has 1 aliphatic carbocycles. The standard InChI is InChI=1S/C10H15NO/c1-8(12)10-5-3-2-4-9(10)6-7-11/h9-10H,2-6H2,1H3. The van der Waals surface area contributed by atoms with E-state index in [9.17, 15) is 4.79 Å². The molecule has 1 fully saturated rings. The van der Waals surface area contributed by atoms with Crippen molar-refractivity contribution in [1.82, 2.24) is 0 Å². The maximum atomic E-state index is 11.2. The first kappa shape index (κ1) is 9.25. The summed E-state index contributed by atoms with van der Waals surface area (Å²) in [5.74, 6) is 0.801. The molecule has 1 saturated carbocycles. The monoisotopic (exact) mass is 165 g/mol. The minimum Gasteiger partial charge on any atom is -0.300 e. The fraction of sp³-hybridized carbons (Fsp3) is 0.800. The van der Waals surface area contributed by atoms with Gasteiger partial charge < -0.3 is 0 Å². The largest absolute Gasteiger partial charge is 0.300 e. The zero-order valence-corrected chi connectivity index (χ0v) is 7.55. The van der Waals surface area contributed by atoms with E-state index < -0.39 is 0 Å². The molecule has 0 N–H and O–H groups in total. The van der Waals surface area contributed by atoms with Crippen LogP contribution in [0, 0.1) is 23.2 Å². The van der Waals surface area contributed by atoms with Crippen molar-refractivity contribution in [2.45, 2.75) is 39.0 Å². The second-order valence-corrected chi connectivity index (χ2v) is 3.62. The number of carbonyl (C=O) groups is 1. The fourth-order valence-corrected chi connectivity index (χ4v) is 2.10. The van der Waals surface area contributed by atoms with Crippen molar-refractivity contribution in [3.8, 4) is 6.07 Å². The second-order valence-electron chi connectivity index (χ2n) is 3.62. The molecule has 1 aliphatic rings. The number of nitriles is 1. The lowest BCUT2D eigenvalue weighted by molar-refractivity contribution is -0.123. The fourth-order valence-electron chi connectivity index (χ4n) is 2.10. The number of rotatable bonds is 2. The zero-order chi connectivity index (χ0) is 8.97. The molecule has 0 spiro atoms. The van der Waals surface area contributed by atoms with E-state index in [-0.39, 0.29) is 11.7 Å². The topological polar surface area (TPSA) is 40.9 Å². The summed E-state index contributed by atoms with van der Waals surface area (Å²) in [4.78, 5) is 11.2. The van der Waals surface area contributed by atoms with E-state index in [4.69, 9.17) is 5.26 Å². The van der Waals surface area contributed by atoms with E-state index in [0.717, 1.165) is 19.3 Å². The van der Waals surface area contributed by atoms with Gasteiger partial charge in [-0.05, 0) is 25.7 Å². The summed E-state index contributed by atoms with van der Waals surface area (Å²) in [5.41, 5.74) is 0. The Morgan fingerprint density at radius 3 is 2.75 bits per heavy atom. The van der Waals surface area contributed by atoms with E-state index in [2.05, 4.69) is 6.07 Å². The van der Waals surface area contributed by atoms with Gasteiger partial charge in [-0.15, -0.1) is 0 Å². The molecule has 66 valence electrons. The number of ketones is 1. The predicted octanol–water partition coefficient (Wildman–Crippen LogP) is 2.30. The van der Waals surface area contributed by atoms with E-state index in [1.165, 1.54) is 6.42 Å². The smallest absolute Gasteiger partial charge is 0.133 e. The lowest BCUT2D eigenvalue weighted by Gasteiger charge is -2.27. The van der Waals surface area contributed by atoms with Crippen LogP contribution in [0.2, 0.25) is 0 Å². The third kappa shape index (κ3) is 2.07. The van der Waals surface area contributed by atoms with E-state index >= 15 is 0 Å². The molecule has 2 heteroatoms. The van der Waals surface area contributed by atoms with Crippen molar-refractivity contribution in [2.75, 3.05) is 0 Å². The molecule has 0 radical (unpaired) electrons. The third-order valence-corrected chi connectivity index (χ3v) is 2.78. The first-order chi connectivity index (χ1) is 5.75. The summed E-state index contributed by atoms with van der Waals surface area (Å²) in [6.45, 7) is 1.65. The molecular weight excluding hydrogens is 150 g/mol. The Morgan fingerprint density at radius 1 is 1.50 bits per heavy atom. The summed E-state index contributed by atoms with van der Waals surface area (Å²) in [5, 5.41) is 8.56. The van der Waals surface area contributed by atoms with Crippen molar-refractivity contribution >= 4 is 5.78 Å². The van der Waals surface area contributed by atoms with Crippen molar-refractivity contribution in [1.29, 1.82) is 5.26 Å². The molecule has 0 heterocycles. The van der Waals surface area contributed by atoms with Crippen LogP contribution in [-0.2, 0) is 4.79 Å². The maximum absolute atomic E-state index is 11.2. The van der Waals surface area contributed by atoms with E-state index in [1.54, 1.807) is 6.92 Å². The van der Waals surface area contributed by atoms with Crippen LogP contribution in [0.4, 0.5) is 0 Å². The molecule has 0 bridgehead atoms. The molecule has 2 atom stereocenters. The maximum Gasteiger partial charge on any atom is 0.133 e. The van der Waals surface area contributed by atoms with Crippen LogP contribution < -0.4 is 0 Å². The van der Waals surface area contributed by atoms with E-state index in [1.807, 2.05) is 0 Å². The van der Waals surface area contributed by atoms with Gasteiger partial charge in [0, 0.05) is 12.3 Å². The summed E-state index contributed by atoms with van der Waals surface area (Å²) in [6.07, 6.45) is 4.98. The molecule has 0 amide bonds. The highest BCUT2D eigenvalue weighted by molar-refractivity contribution is 5.78. The lowest BCUT2D eigenvalue weighted by Crippen LogP contribution is -2.25. The van der Waals surface area contributed by atoms with Gasteiger partial charge in [0.25, 0.3) is 0 Å². The van der Waals surface area contributed by atoms with Gasteiger partial charge in [0.1, 0.15) is 5.78 Å². The van der Waals surface area contributed by atoms with Gasteiger partial charge in [0.15, 0.2) is 0 Å². The molecule has 0 aromatic rings. The highest BCUT2D eigenvalue weighted by Crippen LogP contribution is 2.32. The van der Waals surface area contributed by atoms with Gasteiger partial charge in [-0.3, -0.25) is 4.79 Å². The molecule has 12 heavy (non-hydrogen) atoms. The van der Waals surface area contributed by atoms with Gasteiger partial charge >= 0.3 is 0 Å². The molecule has 0 saturated heterocycles. The Morgan fingerprint density at radius 2 is 2.17 bits per heavy atom. The Hall–Kier alpha value is -0.840. The van der Waals surface area contributed by atoms with Crippen LogP contribution >= 0.6 is 0 Å². The first-order valence-corrected chi connectivity index (χ1v) is 4.63. The number of nitrogens with zero attached hydrogens (tertiary/aromatic N) is 1. The number of Topliss-reactive ketones (excluding diaryl/α,β-unsaturated/α-hetero) is 1.